The molecule has 21 heavy (non-hydrogen) atoms. The predicted molar refractivity (Wildman–Crippen MR) is 80.8 cm³/mol. The fraction of sp³-hybridized carbons (Fsp3) is 0.632. The van der Waals surface area contributed by atoms with E-state index in [4.69, 9.17) is 0 Å². The maximum atomic E-state index is 14.4. The number of halogens is 1. The van der Waals surface area contributed by atoms with Crippen LogP contribution in [0.5, 0.6) is 0 Å². The third-order valence-corrected chi connectivity index (χ3v) is 6.18. The lowest BCUT2D eigenvalue weighted by Crippen LogP contribution is -2.50. The molecule has 0 unspecified atom stereocenters. The van der Waals surface area contributed by atoms with Crippen LogP contribution in [0.3, 0.4) is 0 Å². The lowest BCUT2D eigenvalue weighted by atomic mass is 9.48. The molecule has 0 atom stereocenters. The van der Waals surface area contributed by atoms with Gasteiger partial charge in [0.1, 0.15) is 5.82 Å². The molecule has 4 saturated carbocycles. The second kappa shape index (κ2) is 4.41. The van der Waals surface area contributed by atoms with Gasteiger partial charge in [-0.25, -0.2) is 4.39 Å². The Morgan fingerprint density at radius 2 is 1.57 bits per heavy atom. The van der Waals surface area contributed by atoms with Crippen molar-refractivity contribution in [1.29, 1.82) is 0 Å². The van der Waals surface area contributed by atoms with Gasteiger partial charge >= 0.3 is 0 Å². The van der Waals surface area contributed by atoms with Crippen LogP contribution in [-0.4, -0.2) is 5.78 Å². The van der Waals surface area contributed by atoms with Gasteiger partial charge < -0.3 is 0 Å². The van der Waals surface area contributed by atoms with Crippen molar-refractivity contribution < 1.29 is 9.18 Å². The van der Waals surface area contributed by atoms with Gasteiger partial charge in [0.15, 0.2) is 5.78 Å². The van der Waals surface area contributed by atoms with Gasteiger partial charge in [0, 0.05) is 5.41 Å². The average molecular weight is 286 g/mol. The molecule has 0 N–H and O–H groups in total. The highest BCUT2D eigenvalue weighted by Gasteiger charge is 2.55. The number of carbonyl (C=O) groups excluding carboxylic acids is 1. The van der Waals surface area contributed by atoms with Crippen molar-refractivity contribution in [3.8, 4) is 0 Å². The molecule has 2 heteroatoms. The number of benzene rings is 1. The number of ketones is 1. The molecule has 0 heterocycles. The molecule has 4 bridgehead atoms. The van der Waals surface area contributed by atoms with E-state index in [1.165, 1.54) is 25.3 Å². The van der Waals surface area contributed by atoms with E-state index >= 15 is 0 Å². The van der Waals surface area contributed by atoms with Gasteiger partial charge in [0.25, 0.3) is 0 Å². The molecule has 5 rings (SSSR count). The van der Waals surface area contributed by atoms with Crippen molar-refractivity contribution in [2.45, 2.75) is 52.4 Å². The first-order chi connectivity index (χ1) is 9.97. The topological polar surface area (TPSA) is 17.1 Å². The summed E-state index contributed by atoms with van der Waals surface area (Å²) in [5, 5.41) is 0. The number of aryl methyl sites for hydroxylation is 2. The first-order valence-corrected chi connectivity index (χ1v) is 8.28. The Bertz CT molecular complexity index is 558. The summed E-state index contributed by atoms with van der Waals surface area (Å²) in [5.74, 6) is 1.95. The van der Waals surface area contributed by atoms with Crippen molar-refractivity contribution in [1.82, 2.24) is 0 Å². The monoisotopic (exact) mass is 286 g/mol. The summed E-state index contributed by atoms with van der Waals surface area (Å²) in [5.41, 5.74) is 1.85. The Morgan fingerprint density at radius 1 is 1.05 bits per heavy atom. The molecular formula is C19H23FO. The largest absolute Gasteiger partial charge is 0.293 e. The van der Waals surface area contributed by atoms with Crippen LogP contribution in [0.25, 0.3) is 0 Å². The van der Waals surface area contributed by atoms with Crippen LogP contribution in [0.1, 0.15) is 60.0 Å². The molecule has 0 amide bonds. The summed E-state index contributed by atoms with van der Waals surface area (Å²) >= 11 is 0. The second-order valence-corrected chi connectivity index (χ2v) is 7.97. The molecule has 1 aromatic rings. The highest BCUT2D eigenvalue weighted by molar-refractivity contribution is 6.02. The van der Waals surface area contributed by atoms with Crippen molar-refractivity contribution in [3.63, 3.8) is 0 Å². The first kappa shape index (κ1) is 13.5. The zero-order valence-corrected chi connectivity index (χ0v) is 12.9. The number of rotatable bonds is 2. The highest BCUT2D eigenvalue weighted by atomic mass is 19.1. The molecule has 112 valence electrons. The van der Waals surface area contributed by atoms with Gasteiger partial charge in [-0.2, -0.15) is 0 Å². The Hall–Kier alpha value is -1.18. The van der Waals surface area contributed by atoms with Crippen molar-refractivity contribution in [2.24, 2.45) is 23.2 Å². The quantitative estimate of drug-likeness (QED) is 0.711. The van der Waals surface area contributed by atoms with Gasteiger partial charge in [0.05, 0.1) is 5.56 Å². The van der Waals surface area contributed by atoms with Crippen LogP contribution < -0.4 is 0 Å². The van der Waals surface area contributed by atoms with Crippen molar-refractivity contribution in [3.05, 3.63) is 34.6 Å². The van der Waals surface area contributed by atoms with Crippen LogP contribution in [0.15, 0.2) is 12.1 Å². The average Bonchev–Trinajstić information content (AvgIpc) is 2.35. The molecular weight excluding hydrogens is 263 g/mol. The van der Waals surface area contributed by atoms with E-state index < -0.39 is 0 Å². The van der Waals surface area contributed by atoms with Gasteiger partial charge in [-0.3, -0.25) is 4.79 Å². The van der Waals surface area contributed by atoms with Gasteiger partial charge in [0.2, 0.25) is 0 Å². The second-order valence-electron chi connectivity index (χ2n) is 7.97. The number of hydrogen-bond acceptors (Lipinski definition) is 1. The Kier molecular flexibility index (Phi) is 2.83. The maximum absolute atomic E-state index is 14.4. The minimum absolute atomic E-state index is 0.108. The molecule has 4 fully saturated rings. The van der Waals surface area contributed by atoms with Crippen LogP contribution >= 0.6 is 0 Å². The normalized spacial score (nSPS) is 37.0. The molecule has 0 radical (unpaired) electrons. The first-order valence-electron chi connectivity index (χ1n) is 8.28. The summed E-state index contributed by atoms with van der Waals surface area (Å²) in [6.45, 7) is 3.76. The summed E-state index contributed by atoms with van der Waals surface area (Å²) in [7, 11) is 0. The SMILES string of the molecule is Cc1cc(C)c(C(=O)C23CC4CC(CC(C4)C2)C3)c(F)c1. The van der Waals surface area contributed by atoms with E-state index in [9.17, 15) is 9.18 Å². The molecule has 4 aliphatic carbocycles. The summed E-state index contributed by atoms with van der Waals surface area (Å²) in [6.07, 6.45) is 6.94. The Labute approximate surface area is 125 Å². The lowest BCUT2D eigenvalue weighted by Gasteiger charge is -2.56. The number of hydrogen-bond donors (Lipinski definition) is 0. The van der Waals surface area contributed by atoms with E-state index in [2.05, 4.69) is 0 Å². The molecule has 4 aliphatic rings. The van der Waals surface area contributed by atoms with Crippen molar-refractivity contribution >= 4 is 5.78 Å². The molecule has 0 aliphatic heterocycles. The van der Waals surface area contributed by atoms with Crippen LogP contribution in [0, 0.1) is 42.8 Å². The standard InChI is InChI=1S/C19H23FO/c1-11-3-12(2)17(16(20)4-11)18(21)19-8-13-5-14(9-19)7-15(6-13)10-19/h3-4,13-15H,5-10H2,1-2H3. The van der Waals surface area contributed by atoms with E-state index in [0.717, 1.165) is 30.4 Å². The Balaban J connectivity index is 1.75. The zero-order chi connectivity index (χ0) is 14.8. The molecule has 1 aromatic carbocycles. The van der Waals surface area contributed by atoms with Gasteiger partial charge in [-0.15, -0.1) is 0 Å². The van der Waals surface area contributed by atoms with Gasteiger partial charge in [-0.05, 0) is 87.3 Å². The number of carbonyl (C=O) groups is 1. The number of Topliss-reactive ketones (excluding diaryl/α,β-unsaturated/α-hetero) is 1. The molecule has 0 aromatic heterocycles. The van der Waals surface area contributed by atoms with Gasteiger partial charge in [-0.1, -0.05) is 6.07 Å². The zero-order valence-electron chi connectivity index (χ0n) is 12.9. The van der Waals surface area contributed by atoms with Crippen LogP contribution in [-0.2, 0) is 0 Å². The molecule has 0 saturated heterocycles. The van der Waals surface area contributed by atoms with E-state index in [0.29, 0.717) is 23.3 Å². The Morgan fingerprint density at radius 3 is 2.05 bits per heavy atom. The third kappa shape index (κ3) is 1.98. The molecule has 1 nitrogen and oxygen atoms in total. The van der Waals surface area contributed by atoms with E-state index in [-0.39, 0.29) is 17.0 Å². The summed E-state index contributed by atoms with van der Waals surface area (Å²) in [4.78, 5) is 13.2. The minimum Gasteiger partial charge on any atom is -0.293 e. The highest BCUT2D eigenvalue weighted by Crippen LogP contribution is 2.61. The summed E-state index contributed by atoms with van der Waals surface area (Å²) < 4.78 is 14.4. The fourth-order valence-electron chi connectivity index (χ4n) is 5.86. The fourth-order valence-corrected chi connectivity index (χ4v) is 5.86. The lowest BCUT2D eigenvalue weighted by molar-refractivity contribution is -0.0355. The maximum Gasteiger partial charge on any atom is 0.172 e. The summed E-state index contributed by atoms with van der Waals surface area (Å²) in [6, 6.07) is 3.46. The van der Waals surface area contributed by atoms with E-state index in [1.807, 2.05) is 19.9 Å². The predicted octanol–water partition coefficient (Wildman–Crippen LogP) is 4.84. The smallest absolute Gasteiger partial charge is 0.172 e. The van der Waals surface area contributed by atoms with Crippen molar-refractivity contribution in [2.75, 3.05) is 0 Å². The van der Waals surface area contributed by atoms with Crippen LogP contribution in [0.4, 0.5) is 4.39 Å². The third-order valence-electron chi connectivity index (χ3n) is 6.18. The minimum atomic E-state index is -0.312. The van der Waals surface area contributed by atoms with E-state index in [1.54, 1.807) is 0 Å². The van der Waals surface area contributed by atoms with Crippen LogP contribution in [0.2, 0.25) is 0 Å². The molecule has 0 spiro atoms.